The van der Waals surface area contributed by atoms with E-state index >= 15 is 0 Å². The fraction of sp³-hybridized carbons (Fsp3) is 0.353. The van der Waals surface area contributed by atoms with E-state index in [1.807, 2.05) is 0 Å². The van der Waals surface area contributed by atoms with Gasteiger partial charge in [-0.1, -0.05) is 0 Å². The maximum absolute atomic E-state index is 13.7. The number of phenols is 2. The van der Waals surface area contributed by atoms with E-state index in [2.05, 4.69) is 5.32 Å². The average molecular weight is 716 g/mol. The first-order valence-electron chi connectivity index (χ1n) is 15.3. The number of carboxylic acids is 1. The molecule has 0 saturated carbocycles. The number of carbonyl (C=O) groups is 4. The fourth-order valence-corrected chi connectivity index (χ4v) is 5.28. The molecule has 1 amide bonds. The largest absolute Gasteiger partial charge is 0.507 e. The number of methoxy groups -OCH3 is 1. The van der Waals surface area contributed by atoms with Crippen molar-refractivity contribution in [1.29, 1.82) is 0 Å². The van der Waals surface area contributed by atoms with Crippen LogP contribution in [0.15, 0.2) is 36.4 Å². The number of benzene rings is 3. The summed E-state index contributed by atoms with van der Waals surface area (Å²) in [5.74, 6) is -6.03. The SMILES string of the molecule is COc1cc(C)c(C(=O)Oc2cc(C)c(C(=O)Oc3cc(C)c(C(=O)N[C@@H](C)C(=O)O)c(O)c3)c(O[C@@H]3O[C@H](CO)[C@@H](O)[C@H](O)[C@H]3O)c2)c(O)c1. The number of aryl methyl sites for hydroxylation is 3. The molecule has 0 aliphatic carbocycles. The van der Waals surface area contributed by atoms with Crippen LogP contribution in [0, 0.1) is 20.8 Å². The van der Waals surface area contributed by atoms with Crippen molar-refractivity contribution >= 4 is 23.8 Å². The Kier molecular flexibility index (Phi) is 11.7. The van der Waals surface area contributed by atoms with Crippen molar-refractivity contribution in [2.75, 3.05) is 13.7 Å². The summed E-state index contributed by atoms with van der Waals surface area (Å²) in [6, 6.07) is 5.90. The molecule has 6 atom stereocenters. The van der Waals surface area contributed by atoms with Crippen LogP contribution in [0.1, 0.15) is 54.7 Å². The van der Waals surface area contributed by atoms with Crippen LogP contribution in [-0.2, 0) is 9.53 Å². The van der Waals surface area contributed by atoms with Crippen LogP contribution in [0.4, 0.5) is 0 Å². The van der Waals surface area contributed by atoms with Gasteiger partial charge in [-0.2, -0.15) is 0 Å². The molecule has 0 unspecified atom stereocenters. The van der Waals surface area contributed by atoms with Crippen LogP contribution < -0.4 is 24.3 Å². The lowest BCUT2D eigenvalue weighted by molar-refractivity contribution is -0.277. The van der Waals surface area contributed by atoms with Gasteiger partial charge in [0.2, 0.25) is 6.29 Å². The van der Waals surface area contributed by atoms with Crippen molar-refractivity contribution in [3.8, 4) is 34.5 Å². The molecule has 0 bridgehead atoms. The normalized spacial score (nSPS) is 20.5. The number of aliphatic carboxylic acids is 1. The maximum Gasteiger partial charge on any atom is 0.347 e. The number of carbonyl (C=O) groups excluding carboxylic acids is 3. The first kappa shape index (κ1) is 38.3. The van der Waals surface area contributed by atoms with E-state index in [1.165, 1.54) is 59.1 Å². The minimum atomic E-state index is -1.90. The van der Waals surface area contributed by atoms with Gasteiger partial charge in [-0.05, 0) is 62.6 Å². The maximum atomic E-state index is 13.7. The van der Waals surface area contributed by atoms with Crippen molar-refractivity contribution in [2.45, 2.75) is 64.4 Å². The summed E-state index contributed by atoms with van der Waals surface area (Å²) in [5, 5.41) is 73.1. The van der Waals surface area contributed by atoms with Gasteiger partial charge in [-0.15, -0.1) is 0 Å². The van der Waals surface area contributed by atoms with Gasteiger partial charge in [0.05, 0.1) is 19.3 Å². The van der Waals surface area contributed by atoms with Crippen LogP contribution in [0.5, 0.6) is 34.5 Å². The first-order valence-corrected chi connectivity index (χ1v) is 15.3. The molecule has 17 nitrogen and oxygen atoms in total. The molecule has 1 aliphatic rings. The zero-order valence-electron chi connectivity index (χ0n) is 27.9. The van der Waals surface area contributed by atoms with E-state index < -0.39 is 84.4 Å². The summed E-state index contributed by atoms with van der Waals surface area (Å²) in [6.07, 6.45) is -8.65. The number of hydrogen-bond donors (Lipinski definition) is 8. The second-order valence-corrected chi connectivity index (χ2v) is 11.7. The average Bonchev–Trinajstić information content (AvgIpc) is 3.03. The monoisotopic (exact) mass is 715 g/mol. The van der Waals surface area contributed by atoms with E-state index in [0.29, 0.717) is 5.56 Å². The number of aliphatic hydroxyl groups excluding tert-OH is 4. The molecule has 17 heteroatoms. The third-order valence-electron chi connectivity index (χ3n) is 7.95. The Labute approximate surface area is 290 Å². The number of rotatable bonds is 11. The summed E-state index contributed by atoms with van der Waals surface area (Å²) < 4.78 is 27.3. The fourth-order valence-electron chi connectivity index (χ4n) is 5.28. The lowest BCUT2D eigenvalue weighted by Crippen LogP contribution is -2.60. The third-order valence-corrected chi connectivity index (χ3v) is 7.95. The highest BCUT2D eigenvalue weighted by atomic mass is 16.7. The van der Waals surface area contributed by atoms with Gasteiger partial charge in [0.1, 0.15) is 76.1 Å². The molecule has 1 saturated heterocycles. The van der Waals surface area contributed by atoms with E-state index in [-0.39, 0.29) is 45.1 Å². The molecular weight excluding hydrogens is 678 g/mol. The lowest BCUT2D eigenvalue weighted by atomic mass is 9.99. The predicted molar refractivity (Wildman–Crippen MR) is 172 cm³/mol. The second kappa shape index (κ2) is 15.6. The molecule has 1 heterocycles. The number of esters is 2. The number of hydrogen-bond acceptors (Lipinski definition) is 15. The standard InChI is InChI=1S/C34H37NO16/c1-13-7-18(10-20(37)24(13)30(42)35-16(4)31(43)44)48-33(46)26-15(3)8-19(49-32(45)25-14(2)6-17(47-5)9-21(25)38)11-22(26)50-34-29(41)28(40)27(39)23(12-36)51-34/h6-11,16,23,27-29,34,36-41H,12H2,1-5H3,(H,35,42)(H,43,44)/t16-,23+,27+,28-,29+,34+/m0/s1. The van der Waals surface area contributed by atoms with E-state index in [1.54, 1.807) is 0 Å². The van der Waals surface area contributed by atoms with Crippen LogP contribution in [-0.4, -0.2) is 110 Å². The zero-order chi connectivity index (χ0) is 37.9. The molecule has 0 radical (unpaired) electrons. The zero-order valence-corrected chi connectivity index (χ0v) is 27.9. The number of amides is 1. The molecule has 0 spiro atoms. The van der Waals surface area contributed by atoms with Crippen molar-refractivity contribution in [3.05, 3.63) is 69.8 Å². The number of aliphatic hydroxyl groups is 4. The number of aromatic hydroxyl groups is 2. The molecule has 0 aromatic heterocycles. The number of nitrogens with one attached hydrogen (secondary N) is 1. The molecule has 4 rings (SSSR count). The van der Waals surface area contributed by atoms with Crippen LogP contribution in [0.3, 0.4) is 0 Å². The lowest BCUT2D eigenvalue weighted by Gasteiger charge is -2.39. The van der Waals surface area contributed by atoms with Crippen molar-refractivity contribution in [1.82, 2.24) is 5.32 Å². The summed E-state index contributed by atoms with van der Waals surface area (Å²) in [6.45, 7) is 4.79. The summed E-state index contributed by atoms with van der Waals surface area (Å²) in [5.41, 5.74) is -0.301. The Bertz CT molecular complexity index is 1790. The van der Waals surface area contributed by atoms with E-state index in [9.17, 15) is 49.8 Å². The van der Waals surface area contributed by atoms with Gasteiger partial charge in [0.15, 0.2) is 0 Å². The van der Waals surface area contributed by atoms with Gasteiger partial charge < -0.3 is 64.7 Å². The molecular formula is C34H37NO16. The van der Waals surface area contributed by atoms with Gasteiger partial charge in [-0.25, -0.2) is 9.59 Å². The minimum Gasteiger partial charge on any atom is -0.507 e. The van der Waals surface area contributed by atoms with Gasteiger partial charge in [-0.3, -0.25) is 9.59 Å². The Morgan fingerprint density at radius 2 is 1.27 bits per heavy atom. The summed E-state index contributed by atoms with van der Waals surface area (Å²) in [4.78, 5) is 50.6. The number of carboxylic acid groups (broad SMARTS) is 1. The van der Waals surface area contributed by atoms with Crippen molar-refractivity contribution < 1.29 is 78.6 Å². The van der Waals surface area contributed by atoms with Crippen LogP contribution in [0.2, 0.25) is 0 Å². The third kappa shape index (κ3) is 8.30. The van der Waals surface area contributed by atoms with Crippen molar-refractivity contribution in [3.63, 3.8) is 0 Å². The molecule has 51 heavy (non-hydrogen) atoms. The Balaban J connectivity index is 1.71. The highest BCUT2D eigenvalue weighted by Gasteiger charge is 2.45. The van der Waals surface area contributed by atoms with E-state index in [0.717, 1.165) is 12.1 Å². The van der Waals surface area contributed by atoms with Crippen LogP contribution >= 0.6 is 0 Å². The minimum absolute atomic E-state index is 0.0696. The molecule has 3 aromatic carbocycles. The predicted octanol–water partition coefficient (Wildman–Crippen LogP) is 0.852. The number of ether oxygens (including phenoxy) is 5. The molecule has 3 aromatic rings. The van der Waals surface area contributed by atoms with E-state index in [4.69, 9.17) is 28.8 Å². The summed E-state index contributed by atoms with van der Waals surface area (Å²) in [7, 11) is 1.38. The van der Waals surface area contributed by atoms with Crippen molar-refractivity contribution in [2.24, 2.45) is 0 Å². The Hall–Kier alpha value is -5.46. The van der Waals surface area contributed by atoms with Gasteiger partial charge in [0.25, 0.3) is 5.91 Å². The molecule has 1 fully saturated rings. The highest BCUT2D eigenvalue weighted by Crippen LogP contribution is 2.36. The molecule has 1 aliphatic heterocycles. The number of phenolic OH excluding ortho intramolecular Hbond substituents is 2. The molecule has 8 N–H and O–H groups in total. The first-order chi connectivity index (χ1) is 24.0. The Morgan fingerprint density at radius 1 is 0.765 bits per heavy atom. The second-order valence-electron chi connectivity index (χ2n) is 11.7. The molecule has 274 valence electrons. The summed E-state index contributed by atoms with van der Waals surface area (Å²) >= 11 is 0. The Morgan fingerprint density at radius 3 is 1.82 bits per heavy atom. The van der Waals surface area contributed by atoms with Gasteiger partial charge in [0, 0.05) is 18.2 Å². The topological polar surface area (TPSA) is 268 Å². The smallest absolute Gasteiger partial charge is 0.347 e. The van der Waals surface area contributed by atoms with Crippen LogP contribution in [0.25, 0.3) is 0 Å². The quantitative estimate of drug-likeness (QED) is 0.101. The van der Waals surface area contributed by atoms with Gasteiger partial charge >= 0.3 is 17.9 Å². The highest BCUT2D eigenvalue weighted by molar-refractivity contribution is 6.01.